The summed E-state index contributed by atoms with van der Waals surface area (Å²) in [5.41, 5.74) is 1.16. The number of benzene rings is 2. The molecule has 2 heterocycles. The van der Waals surface area contributed by atoms with Crippen LogP contribution in [0.3, 0.4) is 0 Å². The van der Waals surface area contributed by atoms with Crippen molar-refractivity contribution in [2.24, 2.45) is 0 Å². The largest absolute Gasteiger partial charge is 0.573 e. The van der Waals surface area contributed by atoms with Crippen LogP contribution in [0.5, 0.6) is 5.75 Å². The molecule has 0 bridgehead atoms. The topological polar surface area (TPSA) is 57.3 Å². The SMILES string of the molecule is O=c1c2ccccc2nc(SCc2ccc(OC(F)(F)F)cc2)n1Cc1ccco1. The first-order chi connectivity index (χ1) is 14.4. The van der Waals surface area contributed by atoms with Gasteiger partial charge in [0.05, 0.1) is 23.7 Å². The summed E-state index contributed by atoms with van der Waals surface area (Å²) in [5.74, 6) is 0.745. The molecule has 2 aromatic heterocycles. The maximum atomic E-state index is 13.0. The normalized spacial score (nSPS) is 11.7. The standard InChI is InChI=1S/C21H15F3N2O3S/c22-21(23,24)29-15-9-7-14(8-10-15)13-30-20-25-18-6-2-1-5-17(18)19(27)26(20)12-16-4-3-11-28-16/h1-11H,12-13H2. The van der Waals surface area contributed by atoms with Gasteiger partial charge in [0, 0.05) is 5.75 Å². The molecule has 0 aliphatic carbocycles. The van der Waals surface area contributed by atoms with Crippen molar-refractivity contribution in [3.63, 3.8) is 0 Å². The molecular weight excluding hydrogens is 417 g/mol. The van der Waals surface area contributed by atoms with Crippen LogP contribution in [0.25, 0.3) is 10.9 Å². The van der Waals surface area contributed by atoms with E-state index in [1.165, 1.54) is 34.7 Å². The van der Waals surface area contributed by atoms with Gasteiger partial charge in [0.15, 0.2) is 5.16 Å². The second-order valence-electron chi connectivity index (χ2n) is 6.36. The van der Waals surface area contributed by atoms with Crippen LogP contribution in [0, 0.1) is 0 Å². The third kappa shape index (κ3) is 4.68. The van der Waals surface area contributed by atoms with Crippen molar-refractivity contribution < 1.29 is 22.3 Å². The average Bonchev–Trinajstić information content (AvgIpc) is 3.22. The van der Waals surface area contributed by atoms with Crippen molar-refractivity contribution >= 4 is 22.7 Å². The number of hydrogen-bond donors (Lipinski definition) is 0. The molecule has 0 amide bonds. The summed E-state index contributed by atoms with van der Waals surface area (Å²) in [5, 5.41) is 0.993. The lowest BCUT2D eigenvalue weighted by Crippen LogP contribution is -2.23. The van der Waals surface area contributed by atoms with Crippen molar-refractivity contribution in [3.8, 4) is 5.75 Å². The van der Waals surface area contributed by atoms with Gasteiger partial charge >= 0.3 is 6.36 Å². The molecule has 0 saturated carbocycles. The zero-order chi connectivity index (χ0) is 21.1. The Morgan fingerprint density at radius 3 is 2.50 bits per heavy atom. The molecule has 0 unspecified atom stereocenters. The number of rotatable bonds is 6. The summed E-state index contributed by atoms with van der Waals surface area (Å²) in [4.78, 5) is 17.6. The Kier molecular flexibility index (Phi) is 5.54. The van der Waals surface area contributed by atoms with Crippen molar-refractivity contribution in [2.75, 3.05) is 0 Å². The highest BCUT2D eigenvalue weighted by Crippen LogP contribution is 2.26. The van der Waals surface area contributed by atoms with Crippen molar-refractivity contribution in [1.29, 1.82) is 0 Å². The maximum Gasteiger partial charge on any atom is 0.573 e. The molecule has 0 fully saturated rings. The van der Waals surface area contributed by atoms with Crippen LogP contribution in [-0.4, -0.2) is 15.9 Å². The second kappa shape index (κ2) is 8.27. The highest BCUT2D eigenvalue weighted by atomic mass is 32.2. The Morgan fingerprint density at radius 2 is 1.80 bits per heavy atom. The monoisotopic (exact) mass is 432 g/mol. The van der Waals surface area contributed by atoms with Crippen LogP contribution in [0.1, 0.15) is 11.3 Å². The van der Waals surface area contributed by atoms with Crippen LogP contribution in [0.15, 0.2) is 81.3 Å². The van der Waals surface area contributed by atoms with Gasteiger partial charge in [-0.15, -0.1) is 13.2 Å². The zero-order valence-corrected chi connectivity index (χ0v) is 16.2. The smallest absolute Gasteiger partial charge is 0.467 e. The lowest BCUT2D eigenvalue weighted by molar-refractivity contribution is -0.274. The Hall–Kier alpha value is -3.20. The molecule has 4 rings (SSSR count). The molecule has 9 heteroatoms. The van der Waals surface area contributed by atoms with E-state index in [1.54, 1.807) is 48.5 Å². The lowest BCUT2D eigenvalue weighted by atomic mass is 10.2. The molecule has 5 nitrogen and oxygen atoms in total. The highest BCUT2D eigenvalue weighted by molar-refractivity contribution is 7.98. The van der Waals surface area contributed by atoms with Crippen molar-refractivity contribution in [3.05, 3.63) is 88.6 Å². The second-order valence-corrected chi connectivity index (χ2v) is 7.31. The maximum absolute atomic E-state index is 13.0. The molecule has 0 N–H and O–H groups in total. The van der Waals surface area contributed by atoms with E-state index in [0.717, 1.165) is 5.56 Å². The number of para-hydroxylation sites is 1. The first-order valence-electron chi connectivity index (χ1n) is 8.88. The Morgan fingerprint density at radius 1 is 1.03 bits per heavy atom. The van der Waals surface area contributed by atoms with Gasteiger partial charge in [-0.2, -0.15) is 0 Å². The van der Waals surface area contributed by atoms with Crippen LogP contribution < -0.4 is 10.3 Å². The zero-order valence-electron chi connectivity index (χ0n) is 15.4. The Balaban J connectivity index is 1.60. The van der Waals surface area contributed by atoms with E-state index in [-0.39, 0.29) is 17.9 Å². The summed E-state index contributed by atoms with van der Waals surface area (Å²) in [7, 11) is 0. The fraction of sp³-hybridized carbons (Fsp3) is 0.143. The first-order valence-corrected chi connectivity index (χ1v) is 9.87. The lowest BCUT2D eigenvalue weighted by Gasteiger charge is -2.12. The Bertz CT molecular complexity index is 1200. The van der Waals surface area contributed by atoms with Crippen LogP contribution in [0.2, 0.25) is 0 Å². The summed E-state index contributed by atoms with van der Waals surface area (Å²) in [6.07, 6.45) is -3.20. The highest BCUT2D eigenvalue weighted by Gasteiger charge is 2.30. The fourth-order valence-corrected chi connectivity index (χ4v) is 3.85. The van der Waals surface area contributed by atoms with Gasteiger partial charge in [-0.25, -0.2) is 4.98 Å². The average molecular weight is 432 g/mol. The predicted molar refractivity (Wildman–Crippen MR) is 106 cm³/mol. The van der Waals surface area contributed by atoms with Gasteiger partial charge in [0.1, 0.15) is 11.5 Å². The fourth-order valence-electron chi connectivity index (χ4n) is 2.89. The number of halogens is 3. The molecule has 154 valence electrons. The quantitative estimate of drug-likeness (QED) is 0.309. The van der Waals surface area contributed by atoms with Crippen LogP contribution in [-0.2, 0) is 12.3 Å². The van der Waals surface area contributed by atoms with Gasteiger partial charge in [-0.05, 0) is 42.0 Å². The van der Waals surface area contributed by atoms with Gasteiger partial charge in [0.25, 0.3) is 5.56 Å². The van der Waals surface area contributed by atoms with E-state index in [2.05, 4.69) is 9.72 Å². The summed E-state index contributed by atoms with van der Waals surface area (Å²) >= 11 is 1.32. The molecule has 0 radical (unpaired) electrons. The van der Waals surface area contributed by atoms with Crippen LogP contribution >= 0.6 is 11.8 Å². The minimum atomic E-state index is -4.73. The van der Waals surface area contributed by atoms with E-state index in [4.69, 9.17) is 4.42 Å². The molecule has 0 spiro atoms. The number of ether oxygens (including phenoxy) is 1. The number of aromatic nitrogens is 2. The summed E-state index contributed by atoms with van der Waals surface area (Å²) < 4.78 is 47.7. The molecule has 0 saturated heterocycles. The minimum Gasteiger partial charge on any atom is -0.467 e. The summed E-state index contributed by atoms with van der Waals surface area (Å²) in [6.45, 7) is 0.227. The van der Waals surface area contributed by atoms with Crippen LogP contribution in [0.4, 0.5) is 13.2 Å². The number of hydrogen-bond acceptors (Lipinski definition) is 5. The van der Waals surface area contributed by atoms with E-state index in [9.17, 15) is 18.0 Å². The number of furan rings is 1. The number of nitrogens with zero attached hydrogens (tertiary/aromatic N) is 2. The summed E-state index contributed by atoms with van der Waals surface area (Å²) in [6, 6.07) is 16.2. The Labute approximate surface area is 173 Å². The molecule has 0 aliphatic heterocycles. The van der Waals surface area contributed by atoms with E-state index in [0.29, 0.717) is 27.6 Å². The number of alkyl halides is 3. The minimum absolute atomic E-state index is 0.187. The molecule has 4 aromatic rings. The number of thioether (sulfide) groups is 1. The van der Waals surface area contributed by atoms with E-state index in [1.807, 2.05) is 0 Å². The molecule has 0 aliphatic rings. The number of fused-ring (bicyclic) bond motifs is 1. The van der Waals surface area contributed by atoms with Crippen molar-refractivity contribution in [2.45, 2.75) is 23.8 Å². The molecular formula is C21H15F3N2O3S. The van der Waals surface area contributed by atoms with Gasteiger partial charge in [-0.3, -0.25) is 9.36 Å². The predicted octanol–water partition coefficient (Wildman–Crippen LogP) is 5.23. The van der Waals surface area contributed by atoms with Gasteiger partial charge in [0.2, 0.25) is 0 Å². The first kappa shape index (κ1) is 20.1. The molecule has 0 atom stereocenters. The third-order valence-electron chi connectivity index (χ3n) is 4.25. The van der Waals surface area contributed by atoms with E-state index >= 15 is 0 Å². The van der Waals surface area contributed by atoms with E-state index < -0.39 is 6.36 Å². The van der Waals surface area contributed by atoms with Gasteiger partial charge in [-0.1, -0.05) is 36.0 Å². The molecule has 30 heavy (non-hydrogen) atoms. The van der Waals surface area contributed by atoms with Crippen molar-refractivity contribution in [1.82, 2.24) is 9.55 Å². The third-order valence-corrected chi connectivity index (χ3v) is 5.29. The molecule has 2 aromatic carbocycles. The van der Waals surface area contributed by atoms with Gasteiger partial charge < -0.3 is 9.15 Å².